The Balaban J connectivity index is 1.54. The molecule has 0 atom stereocenters. The summed E-state index contributed by atoms with van der Waals surface area (Å²) in [5, 5.41) is 13.9. The number of para-hydroxylation sites is 1. The lowest BCUT2D eigenvalue weighted by Crippen LogP contribution is -2.23. The standard InChI is InChI=1S/C26H21FN2O3S/c1-33-22-9-6-17(7-10-22)12-19-13-20(24-15-21(27)8-11-23(19)24)14-26(30)28-16-18-4-2-3-5-25(18)29(31)32/h2-13,15H,14,16H2,1H3,(H,28,30). The van der Waals surface area contributed by atoms with Crippen LogP contribution in [0.25, 0.3) is 17.2 Å². The predicted molar refractivity (Wildman–Crippen MR) is 130 cm³/mol. The van der Waals surface area contributed by atoms with Gasteiger partial charge >= 0.3 is 0 Å². The number of nitrogens with zero attached hydrogens (tertiary/aromatic N) is 1. The second-order valence-corrected chi connectivity index (χ2v) is 8.45. The van der Waals surface area contributed by atoms with E-state index >= 15 is 0 Å². The third-order valence-electron chi connectivity index (χ3n) is 5.42. The van der Waals surface area contributed by atoms with Crippen molar-refractivity contribution in [1.29, 1.82) is 0 Å². The quantitative estimate of drug-likeness (QED) is 0.263. The SMILES string of the molecule is CSc1ccc(C=C2C=C(CC(=O)NCc3ccccc3[N+](=O)[O-])c3cc(F)ccc32)cc1. The third-order valence-corrected chi connectivity index (χ3v) is 6.17. The van der Waals surface area contributed by atoms with Crippen LogP contribution < -0.4 is 5.32 Å². The molecule has 0 fully saturated rings. The van der Waals surface area contributed by atoms with Gasteiger partial charge in [0.2, 0.25) is 5.91 Å². The van der Waals surface area contributed by atoms with Gasteiger partial charge in [-0.3, -0.25) is 14.9 Å². The van der Waals surface area contributed by atoms with Crippen LogP contribution in [0.4, 0.5) is 10.1 Å². The number of hydrogen-bond donors (Lipinski definition) is 1. The minimum absolute atomic E-state index is 0.0389. The van der Waals surface area contributed by atoms with E-state index in [-0.39, 0.29) is 30.4 Å². The first-order valence-electron chi connectivity index (χ1n) is 10.3. The molecule has 0 aliphatic heterocycles. The van der Waals surface area contributed by atoms with E-state index in [1.54, 1.807) is 36.0 Å². The summed E-state index contributed by atoms with van der Waals surface area (Å²) in [6, 6.07) is 19.0. The molecule has 0 saturated heterocycles. The number of benzene rings is 3. The van der Waals surface area contributed by atoms with E-state index < -0.39 is 4.92 Å². The molecule has 33 heavy (non-hydrogen) atoms. The highest BCUT2D eigenvalue weighted by Crippen LogP contribution is 2.38. The molecule has 1 aliphatic rings. The van der Waals surface area contributed by atoms with Crippen molar-refractivity contribution >= 4 is 40.6 Å². The van der Waals surface area contributed by atoms with E-state index in [2.05, 4.69) is 5.32 Å². The highest BCUT2D eigenvalue weighted by Gasteiger charge is 2.21. The molecule has 3 aromatic carbocycles. The van der Waals surface area contributed by atoms with Gasteiger partial charge in [-0.1, -0.05) is 36.4 Å². The van der Waals surface area contributed by atoms with Crippen molar-refractivity contribution in [1.82, 2.24) is 5.32 Å². The number of rotatable bonds is 7. The number of nitro benzene ring substituents is 1. The number of carbonyl (C=O) groups is 1. The van der Waals surface area contributed by atoms with Crippen molar-refractivity contribution in [3.05, 3.63) is 111 Å². The summed E-state index contributed by atoms with van der Waals surface area (Å²) in [6.07, 6.45) is 5.97. The van der Waals surface area contributed by atoms with Gasteiger partial charge in [0.1, 0.15) is 5.82 Å². The van der Waals surface area contributed by atoms with Gasteiger partial charge < -0.3 is 5.32 Å². The molecule has 1 N–H and O–H groups in total. The van der Waals surface area contributed by atoms with E-state index in [0.29, 0.717) is 16.7 Å². The van der Waals surface area contributed by atoms with Gasteiger partial charge in [0, 0.05) is 23.1 Å². The molecule has 1 aliphatic carbocycles. The highest BCUT2D eigenvalue weighted by molar-refractivity contribution is 7.98. The van der Waals surface area contributed by atoms with E-state index in [4.69, 9.17) is 0 Å². The van der Waals surface area contributed by atoms with Gasteiger partial charge in [0.25, 0.3) is 5.69 Å². The Morgan fingerprint density at radius 2 is 1.85 bits per heavy atom. The molecule has 7 heteroatoms. The molecular weight excluding hydrogens is 439 g/mol. The van der Waals surface area contributed by atoms with Crippen molar-refractivity contribution in [2.75, 3.05) is 6.26 Å². The molecule has 0 unspecified atom stereocenters. The number of fused-ring (bicyclic) bond motifs is 1. The largest absolute Gasteiger partial charge is 0.351 e. The lowest BCUT2D eigenvalue weighted by molar-refractivity contribution is -0.385. The van der Waals surface area contributed by atoms with Crippen LogP contribution in [0.3, 0.4) is 0 Å². The number of nitro groups is 1. The van der Waals surface area contributed by atoms with Crippen LogP contribution in [0, 0.1) is 15.9 Å². The molecule has 0 radical (unpaired) electrons. The fourth-order valence-electron chi connectivity index (χ4n) is 3.79. The van der Waals surface area contributed by atoms with E-state index in [1.807, 2.05) is 42.7 Å². The summed E-state index contributed by atoms with van der Waals surface area (Å²) < 4.78 is 14.0. The second-order valence-electron chi connectivity index (χ2n) is 7.57. The van der Waals surface area contributed by atoms with Gasteiger partial charge in [-0.15, -0.1) is 11.8 Å². The van der Waals surface area contributed by atoms with E-state index in [9.17, 15) is 19.3 Å². The lowest BCUT2D eigenvalue weighted by Gasteiger charge is -2.08. The number of nitrogens with one attached hydrogen (secondary N) is 1. The predicted octanol–water partition coefficient (Wildman–Crippen LogP) is 6.10. The molecule has 0 spiro atoms. The number of halogens is 1. The minimum atomic E-state index is -0.469. The van der Waals surface area contributed by atoms with Crippen LogP contribution in [0.15, 0.2) is 77.7 Å². The molecule has 166 valence electrons. The molecule has 0 aromatic heterocycles. The summed E-state index contributed by atoms with van der Waals surface area (Å²) in [5.41, 5.74) is 4.56. The van der Waals surface area contributed by atoms with Crippen molar-refractivity contribution in [3.63, 3.8) is 0 Å². The maximum absolute atomic E-state index is 14.0. The lowest BCUT2D eigenvalue weighted by atomic mass is 10.0. The first-order valence-corrected chi connectivity index (χ1v) is 11.5. The molecule has 5 nitrogen and oxygen atoms in total. The molecule has 0 bridgehead atoms. The molecule has 4 rings (SSSR count). The summed E-state index contributed by atoms with van der Waals surface area (Å²) in [4.78, 5) is 24.5. The monoisotopic (exact) mass is 460 g/mol. The van der Waals surface area contributed by atoms with Crippen LogP contribution in [0.5, 0.6) is 0 Å². The van der Waals surface area contributed by atoms with Gasteiger partial charge in [0.15, 0.2) is 0 Å². The first kappa shape index (κ1) is 22.5. The summed E-state index contributed by atoms with van der Waals surface area (Å²) in [5.74, 6) is -0.661. The Hall–Kier alpha value is -3.71. The molecule has 3 aromatic rings. The zero-order chi connectivity index (χ0) is 23.4. The van der Waals surface area contributed by atoms with Gasteiger partial charge in [0.05, 0.1) is 11.3 Å². The zero-order valence-corrected chi connectivity index (χ0v) is 18.7. The Morgan fingerprint density at radius 3 is 2.58 bits per heavy atom. The Morgan fingerprint density at radius 1 is 1.09 bits per heavy atom. The Labute approximate surface area is 195 Å². The fraction of sp³-hybridized carbons (Fsp3) is 0.115. The van der Waals surface area contributed by atoms with E-state index in [0.717, 1.165) is 21.6 Å². The normalized spacial score (nSPS) is 13.5. The maximum Gasteiger partial charge on any atom is 0.274 e. The third kappa shape index (κ3) is 5.21. The van der Waals surface area contributed by atoms with Crippen molar-refractivity contribution in [3.8, 4) is 0 Å². The highest BCUT2D eigenvalue weighted by atomic mass is 32.2. The minimum Gasteiger partial charge on any atom is -0.351 e. The Kier molecular flexibility index (Phi) is 6.70. The Bertz CT molecular complexity index is 1280. The first-order chi connectivity index (χ1) is 15.9. The van der Waals surface area contributed by atoms with Crippen molar-refractivity contribution in [2.45, 2.75) is 17.9 Å². The molecular formula is C26H21FN2O3S. The van der Waals surface area contributed by atoms with Crippen LogP contribution in [0.2, 0.25) is 0 Å². The topological polar surface area (TPSA) is 72.2 Å². The smallest absolute Gasteiger partial charge is 0.274 e. The van der Waals surface area contributed by atoms with Crippen LogP contribution in [0.1, 0.15) is 28.7 Å². The van der Waals surface area contributed by atoms with Crippen LogP contribution in [-0.4, -0.2) is 17.1 Å². The van der Waals surface area contributed by atoms with Crippen LogP contribution in [-0.2, 0) is 11.3 Å². The second kappa shape index (κ2) is 9.83. The molecule has 0 heterocycles. The number of amides is 1. The molecule has 1 amide bonds. The number of carbonyl (C=O) groups excluding carboxylic acids is 1. The van der Waals surface area contributed by atoms with Crippen molar-refractivity contribution in [2.24, 2.45) is 0 Å². The summed E-state index contributed by atoms with van der Waals surface area (Å²) in [6.45, 7) is 0.0454. The zero-order valence-electron chi connectivity index (χ0n) is 17.9. The summed E-state index contributed by atoms with van der Waals surface area (Å²) >= 11 is 1.67. The van der Waals surface area contributed by atoms with Gasteiger partial charge in [-0.05, 0) is 70.5 Å². The van der Waals surface area contributed by atoms with Gasteiger partial charge in [-0.2, -0.15) is 0 Å². The average Bonchev–Trinajstić information content (AvgIpc) is 3.14. The number of hydrogen-bond acceptors (Lipinski definition) is 4. The maximum atomic E-state index is 14.0. The van der Waals surface area contributed by atoms with Crippen LogP contribution >= 0.6 is 11.8 Å². The fourth-order valence-corrected chi connectivity index (χ4v) is 4.20. The number of allylic oxidation sites excluding steroid dienone is 2. The van der Waals surface area contributed by atoms with Gasteiger partial charge in [-0.25, -0.2) is 4.39 Å². The van der Waals surface area contributed by atoms with E-state index in [1.165, 1.54) is 18.2 Å². The van der Waals surface area contributed by atoms with Crippen molar-refractivity contribution < 1.29 is 14.1 Å². The number of thioether (sulfide) groups is 1. The average molecular weight is 461 g/mol. The molecule has 0 saturated carbocycles. The summed E-state index contributed by atoms with van der Waals surface area (Å²) in [7, 11) is 0.